The highest BCUT2D eigenvalue weighted by molar-refractivity contribution is 6.22. The molecule has 0 aromatic heterocycles. The zero-order chi connectivity index (χ0) is 33.9. The third kappa shape index (κ3) is 3.72. The molecule has 2 saturated heterocycles. The van der Waals surface area contributed by atoms with Gasteiger partial charge in [-0.2, -0.15) is 0 Å². The average molecular weight is 665 g/mol. The van der Waals surface area contributed by atoms with Crippen LogP contribution in [-0.4, -0.2) is 107 Å². The lowest BCUT2D eigenvalue weighted by Gasteiger charge is -2.72. The van der Waals surface area contributed by atoms with Crippen molar-refractivity contribution >= 4 is 29.3 Å². The number of likely N-dealkylation sites (tertiary alicyclic amines) is 1. The quantitative estimate of drug-likeness (QED) is 0.288. The minimum absolute atomic E-state index is 0.0204. The average Bonchev–Trinajstić information content (AvgIpc) is 3.62. The Morgan fingerprint density at radius 2 is 1.79 bits per heavy atom. The van der Waals surface area contributed by atoms with Crippen LogP contribution in [0.4, 0.5) is 5.69 Å². The molecule has 0 radical (unpaired) electrons. The summed E-state index contributed by atoms with van der Waals surface area (Å²) in [5.74, 6) is -1.44. The Hall–Kier alpha value is -2.70. The smallest absolute Gasteiger partial charge is 0.340 e. The zero-order valence-electron chi connectivity index (χ0n) is 28.8. The van der Waals surface area contributed by atoms with Gasteiger partial charge in [-0.15, -0.1) is 0 Å². The molecule has 13 unspecified atom stereocenters. The molecule has 260 valence electrons. The molecule has 2 spiro atoms. The number of anilines is 1. The SMILES string of the molecule is CCN1CC2(COC(=O)c3ccccc3N3C(=O)CC(C)C3=O)CCC(OC)C34C5CC6C(OC)CC(C(=O)C(OC)C23)(C5C6OC)C14. The molecule has 7 aliphatic rings. The second-order valence-corrected chi connectivity index (χ2v) is 15.6. The molecule has 2 heterocycles. The minimum atomic E-state index is -0.700. The number of ether oxygens (including phenoxy) is 5. The molecule has 0 N–H and O–H groups in total. The molecule has 2 aliphatic heterocycles. The van der Waals surface area contributed by atoms with Crippen molar-refractivity contribution in [1.82, 2.24) is 4.90 Å². The number of para-hydroxylation sites is 1. The number of imide groups is 1. The molecule has 5 saturated carbocycles. The zero-order valence-corrected chi connectivity index (χ0v) is 28.8. The van der Waals surface area contributed by atoms with Crippen molar-refractivity contribution in [3.8, 4) is 0 Å². The van der Waals surface area contributed by atoms with E-state index in [0.717, 1.165) is 24.3 Å². The summed E-state index contributed by atoms with van der Waals surface area (Å²) in [5.41, 5.74) is -1.28. The first-order valence-corrected chi connectivity index (χ1v) is 17.6. The number of rotatable bonds is 9. The first kappa shape index (κ1) is 32.5. The molecule has 7 fully saturated rings. The monoisotopic (exact) mass is 664 g/mol. The fourth-order valence-electron chi connectivity index (χ4n) is 13.1. The van der Waals surface area contributed by atoms with E-state index in [4.69, 9.17) is 23.7 Å². The topological polar surface area (TPSA) is 121 Å². The summed E-state index contributed by atoms with van der Waals surface area (Å²) in [5, 5.41) is 0. The van der Waals surface area contributed by atoms with Crippen LogP contribution in [0.1, 0.15) is 56.3 Å². The molecule has 11 nitrogen and oxygen atoms in total. The van der Waals surface area contributed by atoms with Gasteiger partial charge in [0.05, 0.1) is 41.6 Å². The van der Waals surface area contributed by atoms with Crippen molar-refractivity contribution in [3.63, 3.8) is 0 Å². The van der Waals surface area contributed by atoms with E-state index in [1.807, 2.05) is 0 Å². The van der Waals surface area contributed by atoms with E-state index in [0.29, 0.717) is 19.4 Å². The Kier molecular flexibility index (Phi) is 7.55. The standard InChI is InChI=1S/C37H48N2O9/c1-7-38-17-35(18-48-33(43)20-10-8-9-11-23(20)39-26(40)14-19(2)32(39)42)13-12-25(45-4)37-22-15-21-24(44-3)16-36(34(37)38,27(22)28(21)46-5)31(41)29(47-6)30(35)37/h8-11,19,21-22,24-25,27-30,34H,7,12-18H2,1-6H3. The summed E-state index contributed by atoms with van der Waals surface area (Å²) in [4.78, 5) is 58.7. The maximum absolute atomic E-state index is 15.3. The number of esters is 1. The van der Waals surface area contributed by atoms with Gasteiger partial charge in [0, 0.05) is 81.9 Å². The number of nitrogens with zero attached hydrogens (tertiary/aromatic N) is 2. The summed E-state index contributed by atoms with van der Waals surface area (Å²) in [6, 6.07) is 6.58. The number of amides is 2. The lowest BCUT2D eigenvalue weighted by atomic mass is 9.39. The number of benzene rings is 1. The van der Waals surface area contributed by atoms with Crippen LogP contribution in [0.25, 0.3) is 0 Å². The Bertz CT molecular complexity index is 1550. The van der Waals surface area contributed by atoms with E-state index in [1.54, 1.807) is 59.6 Å². The number of ketones is 1. The Labute approximate surface area is 281 Å². The second kappa shape index (κ2) is 11.2. The Morgan fingerprint density at radius 3 is 2.44 bits per heavy atom. The van der Waals surface area contributed by atoms with E-state index < -0.39 is 34.2 Å². The van der Waals surface area contributed by atoms with E-state index in [1.165, 1.54) is 0 Å². The molecular weight excluding hydrogens is 616 g/mol. The third-order valence-corrected chi connectivity index (χ3v) is 14.3. The van der Waals surface area contributed by atoms with Crippen LogP contribution in [0.15, 0.2) is 24.3 Å². The predicted octanol–water partition coefficient (Wildman–Crippen LogP) is 3.13. The van der Waals surface area contributed by atoms with Gasteiger partial charge in [-0.3, -0.25) is 19.3 Å². The van der Waals surface area contributed by atoms with E-state index in [9.17, 15) is 14.4 Å². The minimum Gasteiger partial charge on any atom is -0.461 e. The third-order valence-electron chi connectivity index (χ3n) is 14.3. The number of fused-ring (bicyclic) bond motifs is 1. The highest BCUT2D eigenvalue weighted by Crippen LogP contribution is 2.82. The molecule has 5 aliphatic carbocycles. The maximum atomic E-state index is 15.3. The highest BCUT2D eigenvalue weighted by Gasteiger charge is 2.89. The first-order chi connectivity index (χ1) is 23.1. The van der Waals surface area contributed by atoms with Crippen molar-refractivity contribution in [3.05, 3.63) is 29.8 Å². The van der Waals surface area contributed by atoms with Crippen molar-refractivity contribution < 1.29 is 42.9 Å². The van der Waals surface area contributed by atoms with Crippen molar-refractivity contribution in [2.24, 2.45) is 45.8 Å². The van der Waals surface area contributed by atoms with Gasteiger partial charge < -0.3 is 23.7 Å². The van der Waals surface area contributed by atoms with Crippen LogP contribution < -0.4 is 4.90 Å². The summed E-state index contributed by atoms with van der Waals surface area (Å²) >= 11 is 0. The second-order valence-electron chi connectivity index (χ2n) is 15.6. The first-order valence-electron chi connectivity index (χ1n) is 17.6. The largest absolute Gasteiger partial charge is 0.461 e. The van der Waals surface area contributed by atoms with E-state index >= 15 is 4.79 Å². The van der Waals surface area contributed by atoms with Gasteiger partial charge >= 0.3 is 5.97 Å². The molecule has 13 atom stereocenters. The lowest BCUT2D eigenvalue weighted by Crippen LogP contribution is -2.81. The van der Waals surface area contributed by atoms with Gasteiger partial charge in [-0.05, 0) is 50.3 Å². The lowest BCUT2D eigenvalue weighted by molar-refractivity contribution is -0.283. The molecule has 2 amide bonds. The molecule has 1 aromatic carbocycles. The van der Waals surface area contributed by atoms with Crippen molar-refractivity contribution in [2.45, 2.75) is 76.4 Å². The fourth-order valence-corrected chi connectivity index (χ4v) is 13.1. The van der Waals surface area contributed by atoms with Crippen LogP contribution in [0.3, 0.4) is 0 Å². The van der Waals surface area contributed by atoms with Crippen LogP contribution in [0.5, 0.6) is 0 Å². The number of hydrogen-bond acceptors (Lipinski definition) is 10. The van der Waals surface area contributed by atoms with Crippen molar-refractivity contribution in [1.29, 1.82) is 0 Å². The summed E-state index contributed by atoms with van der Waals surface area (Å²) in [6.45, 7) is 5.34. The maximum Gasteiger partial charge on any atom is 0.340 e. The van der Waals surface area contributed by atoms with Crippen LogP contribution in [0.2, 0.25) is 0 Å². The number of methoxy groups -OCH3 is 4. The van der Waals surface area contributed by atoms with Crippen LogP contribution in [0, 0.1) is 45.8 Å². The van der Waals surface area contributed by atoms with Crippen LogP contribution in [-0.2, 0) is 38.1 Å². The summed E-state index contributed by atoms with van der Waals surface area (Å²) < 4.78 is 31.6. The molecule has 8 rings (SSSR count). The Morgan fingerprint density at radius 1 is 1.02 bits per heavy atom. The highest BCUT2D eigenvalue weighted by atomic mass is 16.5. The number of carbonyl (C=O) groups excluding carboxylic acids is 4. The number of hydrogen-bond donors (Lipinski definition) is 0. The number of Topliss-reactive ketones (excluding diaryl/α,β-unsaturated/α-hetero) is 1. The molecule has 48 heavy (non-hydrogen) atoms. The van der Waals surface area contributed by atoms with Gasteiger partial charge in [0.15, 0.2) is 5.78 Å². The normalized spacial score (nSPS) is 45.6. The molecular formula is C37H48N2O9. The van der Waals surface area contributed by atoms with Gasteiger partial charge in [0.2, 0.25) is 11.8 Å². The fraction of sp³-hybridized carbons (Fsp3) is 0.730. The van der Waals surface area contributed by atoms with E-state index in [-0.39, 0.29) is 89.9 Å². The van der Waals surface area contributed by atoms with Crippen LogP contribution >= 0.6 is 0 Å². The molecule has 1 aromatic rings. The van der Waals surface area contributed by atoms with Gasteiger partial charge in [-0.1, -0.05) is 26.0 Å². The number of piperidine rings is 1. The molecule has 7 bridgehead atoms. The van der Waals surface area contributed by atoms with Gasteiger partial charge in [-0.25, -0.2) is 9.69 Å². The van der Waals surface area contributed by atoms with E-state index in [2.05, 4.69) is 11.8 Å². The van der Waals surface area contributed by atoms with Gasteiger partial charge in [0.1, 0.15) is 6.10 Å². The Balaban J connectivity index is 1.22. The van der Waals surface area contributed by atoms with Crippen molar-refractivity contribution in [2.75, 3.05) is 53.0 Å². The summed E-state index contributed by atoms with van der Waals surface area (Å²) in [7, 11) is 6.97. The predicted molar refractivity (Wildman–Crippen MR) is 172 cm³/mol. The number of carbonyl (C=O) groups is 4. The molecule has 11 heteroatoms. The van der Waals surface area contributed by atoms with Gasteiger partial charge in [0.25, 0.3) is 0 Å². The summed E-state index contributed by atoms with van der Waals surface area (Å²) in [6.07, 6.45) is 2.14.